The standard InChI is InChI=1S/C19H27N5O3S/c1-15(28-19-21-20-18(26)24(19)9-6-14-27-2)17(25)23-12-10-22(11-13-23)16-7-4-3-5-8-16/h3-5,7-8,15H,6,9-14H2,1-2H3,(H,20,26)/t15-/m1/s1. The number of thioether (sulfide) groups is 1. The summed E-state index contributed by atoms with van der Waals surface area (Å²) in [6.07, 6.45) is 0.716. The van der Waals surface area contributed by atoms with Gasteiger partial charge in [-0.15, -0.1) is 5.10 Å². The maximum Gasteiger partial charge on any atom is 0.343 e. The SMILES string of the molecule is COCCCn1c(S[C@H](C)C(=O)N2CCN(c3ccccc3)CC2)n[nH]c1=O. The molecule has 0 saturated carbocycles. The first-order valence-corrected chi connectivity index (χ1v) is 10.4. The minimum absolute atomic E-state index is 0.0802. The van der Waals surface area contributed by atoms with Crippen molar-refractivity contribution in [2.45, 2.75) is 30.3 Å². The number of nitrogens with zero attached hydrogens (tertiary/aromatic N) is 4. The molecule has 0 unspecified atom stereocenters. The fraction of sp³-hybridized carbons (Fsp3) is 0.526. The van der Waals surface area contributed by atoms with Crippen LogP contribution in [-0.4, -0.2) is 70.7 Å². The average Bonchev–Trinajstić information content (AvgIpc) is 3.08. The zero-order chi connectivity index (χ0) is 19.9. The normalized spacial score (nSPS) is 15.6. The van der Waals surface area contributed by atoms with E-state index in [4.69, 9.17) is 4.74 Å². The molecule has 28 heavy (non-hydrogen) atoms. The van der Waals surface area contributed by atoms with E-state index in [2.05, 4.69) is 27.2 Å². The van der Waals surface area contributed by atoms with E-state index in [1.165, 1.54) is 17.4 Å². The number of carbonyl (C=O) groups is 1. The molecule has 1 aliphatic rings. The molecular weight excluding hydrogens is 378 g/mol. The Morgan fingerprint density at radius 1 is 1.25 bits per heavy atom. The van der Waals surface area contributed by atoms with Gasteiger partial charge in [0.15, 0.2) is 5.16 Å². The Bertz CT molecular complexity index is 814. The van der Waals surface area contributed by atoms with Crippen molar-refractivity contribution >= 4 is 23.4 Å². The molecule has 1 N–H and O–H groups in total. The van der Waals surface area contributed by atoms with Crippen LogP contribution in [0.5, 0.6) is 0 Å². The van der Waals surface area contributed by atoms with Gasteiger partial charge in [-0.05, 0) is 25.5 Å². The van der Waals surface area contributed by atoms with Crippen molar-refractivity contribution in [3.8, 4) is 0 Å². The van der Waals surface area contributed by atoms with Crippen LogP contribution in [-0.2, 0) is 16.1 Å². The summed E-state index contributed by atoms with van der Waals surface area (Å²) in [5.41, 5.74) is 0.934. The Labute approximate surface area is 168 Å². The van der Waals surface area contributed by atoms with Crippen LogP contribution in [0.4, 0.5) is 5.69 Å². The number of para-hydroxylation sites is 1. The molecule has 1 saturated heterocycles. The van der Waals surface area contributed by atoms with Crippen molar-refractivity contribution < 1.29 is 9.53 Å². The molecule has 1 amide bonds. The van der Waals surface area contributed by atoms with Gasteiger partial charge in [-0.25, -0.2) is 9.89 Å². The number of methoxy groups -OCH3 is 1. The number of nitrogens with one attached hydrogen (secondary N) is 1. The molecule has 8 nitrogen and oxygen atoms in total. The fourth-order valence-corrected chi connectivity index (χ4v) is 4.21. The van der Waals surface area contributed by atoms with Crippen molar-refractivity contribution in [2.75, 3.05) is 44.8 Å². The Balaban J connectivity index is 1.55. The summed E-state index contributed by atoms with van der Waals surface area (Å²) in [7, 11) is 1.63. The molecule has 3 rings (SSSR count). The molecular formula is C19H27N5O3S. The highest BCUT2D eigenvalue weighted by molar-refractivity contribution is 8.00. The van der Waals surface area contributed by atoms with Crippen molar-refractivity contribution in [1.82, 2.24) is 19.7 Å². The van der Waals surface area contributed by atoms with Gasteiger partial charge in [-0.2, -0.15) is 0 Å². The molecule has 1 aromatic heterocycles. The minimum atomic E-state index is -0.306. The van der Waals surface area contributed by atoms with Gasteiger partial charge < -0.3 is 14.5 Å². The lowest BCUT2D eigenvalue weighted by Crippen LogP contribution is -2.50. The number of aromatic nitrogens is 3. The molecule has 1 fully saturated rings. The third kappa shape index (κ3) is 4.96. The van der Waals surface area contributed by atoms with Crippen LogP contribution < -0.4 is 10.6 Å². The number of ether oxygens (including phenoxy) is 1. The van der Waals surface area contributed by atoms with E-state index < -0.39 is 0 Å². The van der Waals surface area contributed by atoms with Crippen molar-refractivity contribution in [3.05, 3.63) is 40.8 Å². The maximum atomic E-state index is 12.9. The van der Waals surface area contributed by atoms with Crippen LogP contribution in [0, 0.1) is 0 Å². The number of piperazine rings is 1. The first-order chi connectivity index (χ1) is 13.6. The lowest BCUT2D eigenvalue weighted by Gasteiger charge is -2.37. The summed E-state index contributed by atoms with van der Waals surface area (Å²) in [4.78, 5) is 29.0. The molecule has 0 radical (unpaired) electrons. The molecule has 1 aromatic carbocycles. The first kappa shape index (κ1) is 20.5. The van der Waals surface area contributed by atoms with E-state index in [9.17, 15) is 9.59 Å². The quantitative estimate of drug-likeness (QED) is 0.529. The topological polar surface area (TPSA) is 83.5 Å². The van der Waals surface area contributed by atoms with Gasteiger partial charge in [0.25, 0.3) is 0 Å². The fourth-order valence-electron chi connectivity index (χ4n) is 3.25. The van der Waals surface area contributed by atoms with Crippen molar-refractivity contribution in [1.29, 1.82) is 0 Å². The monoisotopic (exact) mass is 405 g/mol. The van der Waals surface area contributed by atoms with Gasteiger partial charge in [-0.3, -0.25) is 9.36 Å². The number of rotatable bonds is 8. The van der Waals surface area contributed by atoms with Crippen LogP contribution in [0.15, 0.2) is 40.3 Å². The summed E-state index contributed by atoms with van der Waals surface area (Å²) in [5, 5.41) is 6.80. The molecule has 0 aliphatic carbocycles. The van der Waals surface area contributed by atoms with Crippen molar-refractivity contribution in [3.63, 3.8) is 0 Å². The second-order valence-electron chi connectivity index (χ2n) is 6.72. The molecule has 2 heterocycles. The summed E-state index contributed by atoms with van der Waals surface area (Å²) in [6, 6.07) is 10.3. The Morgan fingerprint density at radius 3 is 2.64 bits per heavy atom. The number of anilines is 1. The third-order valence-corrected chi connectivity index (χ3v) is 5.87. The second-order valence-corrected chi connectivity index (χ2v) is 8.03. The van der Waals surface area contributed by atoms with Gasteiger partial charge in [0.1, 0.15) is 0 Å². The van der Waals surface area contributed by atoms with E-state index >= 15 is 0 Å². The van der Waals surface area contributed by atoms with E-state index in [0.29, 0.717) is 37.8 Å². The molecule has 2 aromatic rings. The zero-order valence-corrected chi connectivity index (χ0v) is 17.2. The van der Waals surface area contributed by atoms with Crippen LogP contribution in [0.2, 0.25) is 0 Å². The molecule has 1 atom stereocenters. The summed E-state index contributed by atoms with van der Waals surface area (Å²) >= 11 is 1.32. The zero-order valence-electron chi connectivity index (χ0n) is 16.3. The van der Waals surface area contributed by atoms with Gasteiger partial charge in [-0.1, -0.05) is 30.0 Å². The number of amides is 1. The number of benzene rings is 1. The van der Waals surface area contributed by atoms with Gasteiger partial charge in [0, 0.05) is 52.1 Å². The van der Waals surface area contributed by atoms with E-state index in [0.717, 1.165) is 13.1 Å². The van der Waals surface area contributed by atoms with Gasteiger partial charge in [0.2, 0.25) is 5.91 Å². The molecule has 9 heteroatoms. The maximum absolute atomic E-state index is 12.9. The number of aromatic amines is 1. The minimum Gasteiger partial charge on any atom is -0.385 e. The highest BCUT2D eigenvalue weighted by Crippen LogP contribution is 2.23. The van der Waals surface area contributed by atoms with Crippen LogP contribution in [0.1, 0.15) is 13.3 Å². The number of H-pyrrole nitrogens is 1. The Kier molecular flexibility index (Phi) is 7.16. The molecule has 0 spiro atoms. The summed E-state index contributed by atoms with van der Waals surface area (Å²) in [5.74, 6) is 0.0802. The van der Waals surface area contributed by atoms with E-state index in [1.807, 2.05) is 30.0 Å². The smallest absolute Gasteiger partial charge is 0.343 e. The molecule has 1 aliphatic heterocycles. The summed E-state index contributed by atoms with van der Waals surface area (Å²) in [6.45, 7) is 5.98. The van der Waals surface area contributed by atoms with Gasteiger partial charge >= 0.3 is 5.69 Å². The molecule has 152 valence electrons. The average molecular weight is 406 g/mol. The summed E-state index contributed by atoms with van der Waals surface area (Å²) < 4.78 is 6.61. The molecule has 0 bridgehead atoms. The van der Waals surface area contributed by atoms with Gasteiger partial charge in [0.05, 0.1) is 5.25 Å². The lowest BCUT2D eigenvalue weighted by molar-refractivity contribution is -0.130. The van der Waals surface area contributed by atoms with Crippen LogP contribution in [0.3, 0.4) is 0 Å². The Morgan fingerprint density at radius 2 is 1.96 bits per heavy atom. The second kappa shape index (κ2) is 9.79. The first-order valence-electron chi connectivity index (χ1n) is 9.49. The number of carbonyl (C=O) groups excluding carboxylic acids is 1. The largest absolute Gasteiger partial charge is 0.385 e. The van der Waals surface area contributed by atoms with Crippen LogP contribution >= 0.6 is 11.8 Å². The van der Waals surface area contributed by atoms with Crippen LogP contribution in [0.25, 0.3) is 0 Å². The lowest BCUT2D eigenvalue weighted by atomic mass is 10.2. The highest BCUT2D eigenvalue weighted by atomic mass is 32.2. The number of hydrogen-bond acceptors (Lipinski definition) is 6. The highest BCUT2D eigenvalue weighted by Gasteiger charge is 2.27. The van der Waals surface area contributed by atoms with Crippen molar-refractivity contribution in [2.24, 2.45) is 0 Å². The Hall–Kier alpha value is -2.26. The van der Waals surface area contributed by atoms with E-state index in [-0.39, 0.29) is 16.8 Å². The predicted octanol–water partition coefficient (Wildman–Crippen LogP) is 1.44. The van der Waals surface area contributed by atoms with E-state index in [1.54, 1.807) is 11.7 Å². The predicted molar refractivity (Wildman–Crippen MR) is 110 cm³/mol. The number of hydrogen-bond donors (Lipinski definition) is 1. The third-order valence-electron chi connectivity index (χ3n) is 4.80.